The number of carbonyl (C=O) groups is 2. The lowest BCUT2D eigenvalue weighted by atomic mass is 10.1. The van der Waals surface area contributed by atoms with Crippen molar-refractivity contribution in [3.05, 3.63) is 11.4 Å². The third-order valence-electron chi connectivity index (χ3n) is 4.48. The van der Waals surface area contributed by atoms with E-state index >= 15 is 0 Å². The zero-order valence-corrected chi connectivity index (χ0v) is 12.9. The summed E-state index contributed by atoms with van der Waals surface area (Å²) in [5, 5.41) is 7.27. The van der Waals surface area contributed by atoms with E-state index in [2.05, 4.69) is 15.3 Å². The predicted octanol–water partition coefficient (Wildman–Crippen LogP) is 0.0793. The first-order chi connectivity index (χ1) is 9.93. The van der Waals surface area contributed by atoms with E-state index in [-0.39, 0.29) is 23.9 Å². The number of fused-ring (bicyclic) bond motifs is 2. The van der Waals surface area contributed by atoms with Gasteiger partial charge in [0, 0.05) is 19.6 Å². The molecular formula is C14H21N5O2. The van der Waals surface area contributed by atoms with Gasteiger partial charge in [-0.3, -0.25) is 14.3 Å². The average molecular weight is 291 g/mol. The lowest BCUT2D eigenvalue weighted by Crippen LogP contribution is -2.41. The van der Waals surface area contributed by atoms with Crippen molar-refractivity contribution in [1.29, 1.82) is 0 Å². The van der Waals surface area contributed by atoms with Gasteiger partial charge in [-0.05, 0) is 26.9 Å². The Morgan fingerprint density at radius 1 is 1.38 bits per heavy atom. The summed E-state index contributed by atoms with van der Waals surface area (Å²) in [6.07, 6.45) is 1.36. The maximum Gasteiger partial charge on any atom is 0.275 e. The Labute approximate surface area is 123 Å². The second kappa shape index (κ2) is 4.84. The van der Waals surface area contributed by atoms with Gasteiger partial charge in [0.05, 0.1) is 11.4 Å². The largest absolute Gasteiger partial charge is 0.324 e. The highest BCUT2D eigenvalue weighted by Gasteiger charge is 2.45. The summed E-state index contributed by atoms with van der Waals surface area (Å²) in [6, 6.07) is -0.174. The fourth-order valence-electron chi connectivity index (χ4n) is 3.21. The van der Waals surface area contributed by atoms with E-state index in [0.717, 1.165) is 5.69 Å². The standard InChI is InChI=1S/C14H21N5O2/c1-5-9-11-12(18(4)16-9)14(21)19-7-8(17(2)3)6-10(19)13(20)15-11/h8,10H,5-7H2,1-4H3,(H,15,20)/t8-,10+/m1/s1. The van der Waals surface area contributed by atoms with Crippen LogP contribution in [-0.2, 0) is 18.3 Å². The Hall–Kier alpha value is -1.89. The number of nitrogens with zero attached hydrogens (tertiary/aromatic N) is 4. The second-order valence-corrected chi connectivity index (χ2v) is 5.96. The van der Waals surface area contributed by atoms with Crippen molar-refractivity contribution in [2.45, 2.75) is 31.8 Å². The van der Waals surface area contributed by atoms with Crippen molar-refractivity contribution in [1.82, 2.24) is 19.6 Å². The minimum absolute atomic E-state index is 0.103. The lowest BCUT2D eigenvalue weighted by Gasteiger charge is -2.21. The van der Waals surface area contributed by atoms with Crippen LogP contribution in [0.4, 0.5) is 5.69 Å². The molecular weight excluding hydrogens is 270 g/mol. The summed E-state index contributed by atoms with van der Waals surface area (Å²) in [7, 11) is 5.70. The number of carbonyl (C=O) groups excluding carboxylic acids is 2. The molecule has 7 nitrogen and oxygen atoms in total. The highest BCUT2D eigenvalue weighted by Crippen LogP contribution is 2.31. The molecule has 0 unspecified atom stereocenters. The van der Waals surface area contributed by atoms with E-state index in [1.165, 1.54) is 0 Å². The number of nitrogens with one attached hydrogen (secondary N) is 1. The molecule has 1 aromatic rings. The fraction of sp³-hybridized carbons (Fsp3) is 0.643. The highest BCUT2D eigenvalue weighted by molar-refractivity contribution is 6.09. The fourth-order valence-corrected chi connectivity index (χ4v) is 3.21. The molecule has 0 aromatic carbocycles. The molecule has 3 rings (SSSR count). The van der Waals surface area contributed by atoms with E-state index < -0.39 is 0 Å². The number of aryl methyl sites for hydroxylation is 2. The first kappa shape index (κ1) is 14.1. The van der Waals surface area contributed by atoms with Crippen LogP contribution in [0.3, 0.4) is 0 Å². The third-order valence-corrected chi connectivity index (χ3v) is 4.48. The molecule has 1 N–H and O–H groups in total. The van der Waals surface area contributed by atoms with Gasteiger partial charge in [0.25, 0.3) is 5.91 Å². The maximum atomic E-state index is 12.8. The van der Waals surface area contributed by atoms with Crippen molar-refractivity contribution in [3.8, 4) is 0 Å². The van der Waals surface area contributed by atoms with E-state index in [0.29, 0.717) is 30.8 Å². The molecule has 7 heteroatoms. The number of likely N-dealkylation sites (N-methyl/N-ethyl adjacent to an activating group) is 1. The molecule has 0 spiro atoms. The minimum Gasteiger partial charge on any atom is -0.324 e. The predicted molar refractivity (Wildman–Crippen MR) is 78.1 cm³/mol. The molecule has 1 saturated heterocycles. The van der Waals surface area contributed by atoms with Crippen molar-refractivity contribution in [2.24, 2.45) is 7.05 Å². The molecule has 21 heavy (non-hydrogen) atoms. The molecule has 1 aromatic heterocycles. The quantitative estimate of drug-likeness (QED) is 0.838. The van der Waals surface area contributed by atoms with Gasteiger partial charge in [0.1, 0.15) is 11.7 Å². The molecule has 2 atom stereocenters. The van der Waals surface area contributed by atoms with Gasteiger partial charge in [-0.1, -0.05) is 6.92 Å². The maximum absolute atomic E-state index is 12.8. The smallest absolute Gasteiger partial charge is 0.275 e. The van der Waals surface area contributed by atoms with Gasteiger partial charge < -0.3 is 15.1 Å². The Bertz CT molecular complexity index is 607. The summed E-state index contributed by atoms with van der Waals surface area (Å²) in [6.45, 7) is 2.54. The molecule has 1 fully saturated rings. The zero-order valence-electron chi connectivity index (χ0n) is 12.9. The van der Waals surface area contributed by atoms with Crippen LogP contribution in [-0.4, -0.2) is 64.1 Å². The Kier molecular flexibility index (Phi) is 3.24. The minimum atomic E-state index is -0.387. The van der Waals surface area contributed by atoms with Crippen LogP contribution in [0.15, 0.2) is 0 Å². The summed E-state index contributed by atoms with van der Waals surface area (Å²) in [4.78, 5) is 29.1. The van der Waals surface area contributed by atoms with Crippen LogP contribution in [0, 0.1) is 0 Å². The van der Waals surface area contributed by atoms with Gasteiger partial charge in [0.15, 0.2) is 0 Å². The molecule has 2 aliphatic rings. The lowest BCUT2D eigenvalue weighted by molar-refractivity contribution is -0.119. The van der Waals surface area contributed by atoms with Crippen LogP contribution < -0.4 is 5.32 Å². The van der Waals surface area contributed by atoms with Gasteiger partial charge >= 0.3 is 0 Å². The van der Waals surface area contributed by atoms with Gasteiger partial charge in [0.2, 0.25) is 5.91 Å². The van der Waals surface area contributed by atoms with E-state index in [4.69, 9.17) is 0 Å². The second-order valence-electron chi connectivity index (χ2n) is 5.96. The van der Waals surface area contributed by atoms with Crippen molar-refractivity contribution in [3.63, 3.8) is 0 Å². The summed E-state index contributed by atoms with van der Waals surface area (Å²) >= 11 is 0. The van der Waals surface area contributed by atoms with Gasteiger partial charge in [-0.15, -0.1) is 0 Å². The number of anilines is 1. The molecule has 0 bridgehead atoms. The van der Waals surface area contributed by atoms with Crippen molar-refractivity contribution in [2.75, 3.05) is 26.0 Å². The summed E-state index contributed by atoms with van der Waals surface area (Å²) in [5.74, 6) is -0.207. The number of hydrogen-bond acceptors (Lipinski definition) is 4. The molecule has 114 valence electrons. The number of hydrogen-bond donors (Lipinski definition) is 1. The molecule has 3 heterocycles. The Balaban J connectivity index is 2.04. The van der Waals surface area contributed by atoms with Crippen LogP contribution in [0.2, 0.25) is 0 Å². The number of rotatable bonds is 2. The van der Waals surface area contributed by atoms with E-state index in [1.54, 1.807) is 16.6 Å². The monoisotopic (exact) mass is 291 g/mol. The first-order valence-corrected chi connectivity index (χ1v) is 7.28. The SMILES string of the molecule is CCc1nn(C)c2c1NC(=O)[C@@H]1C[C@@H](N(C)C)CN1C2=O. The number of aromatic nitrogens is 2. The van der Waals surface area contributed by atoms with E-state index in [9.17, 15) is 9.59 Å². The molecule has 0 saturated carbocycles. The zero-order chi connectivity index (χ0) is 15.3. The Morgan fingerprint density at radius 3 is 2.71 bits per heavy atom. The number of amides is 2. The molecule has 2 amide bonds. The molecule has 0 radical (unpaired) electrons. The van der Waals surface area contributed by atoms with E-state index in [1.807, 2.05) is 21.0 Å². The van der Waals surface area contributed by atoms with Crippen LogP contribution in [0.5, 0.6) is 0 Å². The van der Waals surface area contributed by atoms with Gasteiger partial charge in [-0.2, -0.15) is 5.10 Å². The van der Waals surface area contributed by atoms with Crippen LogP contribution in [0.1, 0.15) is 29.5 Å². The summed E-state index contributed by atoms with van der Waals surface area (Å²) < 4.78 is 1.59. The average Bonchev–Trinajstić information content (AvgIpc) is 2.97. The highest BCUT2D eigenvalue weighted by atomic mass is 16.2. The normalized spacial score (nSPS) is 24.9. The third kappa shape index (κ3) is 2.03. The topological polar surface area (TPSA) is 70.5 Å². The summed E-state index contributed by atoms with van der Waals surface area (Å²) in [5.41, 5.74) is 1.84. The van der Waals surface area contributed by atoms with Gasteiger partial charge in [-0.25, -0.2) is 0 Å². The van der Waals surface area contributed by atoms with Crippen LogP contribution in [0.25, 0.3) is 0 Å². The first-order valence-electron chi connectivity index (χ1n) is 7.28. The van der Waals surface area contributed by atoms with Crippen molar-refractivity contribution < 1.29 is 9.59 Å². The van der Waals surface area contributed by atoms with Crippen molar-refractivity contribution >= 4 is 17.5 Å². The van der Waals surface area contributed by atoms with Crippen LogP contribution >= 0.6 is 0 Å². The molecule has 2 aliphatic heterocycles. The Morgan fingerprint density at radius 2 is 2.10 bits per heavy atom. The molecule has 0 aliphatic carbocycles.